The van der Waals surface area contributed by atoms with Crippen molar-refractivity contribution in [3.8, 4) is 0 Å². The predicted octanol–water partition coefficient (Wildman–Crippen LogP) is 3.04. The van der Waals surface area contributed by atoms with Gasteiger partial charge in [0.15, 0.2) is 0 Å². The number of piperidine rings is 1. The van der Waals surface area contributed by atoms with Crippen molar-refractivity contribution in [3.63, 3.8) is 0 Å². The summed E-state index contributed by atoms with van der Waals surface area (Å²) in [7, 11) is 0. The van der Waals surface area contributed by atoms with E-state index in [0.717, 1.165) is 36.6 Å². The van der Waals surface area contributed by atoms with E-state index < -0.39 is 0 Å². The molecule has 2 aromatic rings. The van der Waals surface area contributed by atoms with Crippen molar-refractivity contribution in [1.82, 2.24) is 19.4 Å². The summed E-state index contributed by atoms with van der Waals surface area (Å²) in [5, 5.41) is 3.12. The van der Waals surface area contributed by atoms with Gasteiger partial charge >= 0.3 is 0 Å². The third-order valence-corrected chi connectivity index (χ3v) is 5.54. The summed E-state index contributed by atoms with van der Waals surface area (Å²) < 4.78 is 2.11. The number of hydrogen-bond acceptors (Lipinski definition) is 4. The monoisotopic (exact) mass is 332 g/mol. The van der Waals surface area contributed by atoms with Crippen LogP contribution < -0.4 is 0 Å². The van der Waals surface area contributed by atoms with Gasteiger partial charge in [-0.1, -0.05) is 20.8 Å². The van der Waals surface area contributed by atoms with Crippen LogP contribution >= 0.6 is 11.3 Å². The average molecular weight is 332 g/mol. The van der Waals surface area contributed by atoms with Crippen molar-refractivity contribution < 1.29 is 4.79 Å². The maximum Gasteiger partial charge on any atom is 0.228 e. The Morgan fingerprint density at radius 1 is 1.43 bits per heavy atom. The average Bonchev–Trinajstić information content (AvgIpc) is 3.18. The summed E-state index contributed by atoms with van der Waals surface area (Å²) >= 11 is 1.65. The Bertz CT molecular complexity index is 656. The molecule has 1 aliphatic heterocycles. The zero-order chi connectivity index (χ0) is 16.4. The zero-order valence-electron chi connectivity index (χ0n) is 14.0. The van der Waals surface area contributed by atoms with Gasteiger partial charge in [0.1, 0.15) is 0 Å². The molecule has 3 rings (SSSR count). The van der Waals surface area contributed by atoms with Crippen molar-refractivity contribution in [2.45, 2.75) is 51.5 Å². The standard InChI is InChI=1S/C17H24N4OS/c1-17(2,3)16-19-13(11-23-16)9-15(22)20-7-4-5-14(10-20)21-8-6-18-12-21/h6,8,11-12,14H,4-5,7,9-10H2,1-3H3/t14-/m0/s1. The molecule has 1 fully saturated rings. The molecule has 0 saturated carbocycles. The van der Waals surface area contributed by atoms with E-state index in [-0.39, 0.29) is 11.3 Å². The molecule has 0 spiro atoms. The first-order valence-electron chi connectivity index (χ1n) is 8.13. The van der Waals surface area contributed by atoms with Gasteiger partial charge in [-0.05, 0) is 12.8 Å². The van der Waals surface area contributed by atoms with E-state index in [4.69, 9.17) is 0 Å². The number of nitrogens with zero attached hydrogens (tertiary/aromatic N) is 4. The lowest BCUT2D eigenvalue weighted by atomic mass is 9.98. The molecule has 1 amide bonds. The van der Waals surface area contributed by atoms with Gasteiger partial charge in [0.2, 0.25) is 5.91 Å². The number of carbonyl (C=O) groups excluding carboxylic acids is 1. The van der Waals surface area contributed by atoms with Gasteiger partial charge in [-0.3, -0.25) is 4.79 Å². The fourth-order valence-corrected chi connectivity index (χ4v) is 3.82. The quantitative estimate of drug-likeness (QED) is 0.868. The van der Waals surface area contributed by atoms with Crippen LogP contribution in [0.15, 0.2) is 24.1 Å². The molecule has 0 aromatic carbocycles. The van der Waals surface area contributed by atoms with Crippen molar-refractivity contribution >= 4 is 17.2 Å². The summed E-state index contributed by atoms with van der Waals surface area (Å²) in [6, 6.07) is 0.343. The van der Waals surface area contributed by atoms with E-state index in [0.29, 0.717) is 12.5 Å². The second kappa shape index (κ2) is 6.43. The van der Waals surface area contributed by atoms with Crippen LogP contribution in [0.3, 0.4) is 0 Å². The Kier molecular flexibility index (Phi) is 4.53. The summed E-state index contributed by atoms with van der Waals surface area (Å²) in [5.74, 6) is 0.181. The Balaban J connectivity index is 1.63. The Morgan fingerprint density at radius 3 is 2.91 bits per heavy atom. The summed E-state index contributed by atoms with van der Waals surface area (Å²) in [5.41, 5.74) is 0.943. The number of likely N-dealkylation sites (tertiary alicyclic amines) is 1. The van der Waals surface area contributed by atoms with E-state index in [9.17, 15) is 4.79 Å². The minimum atomic E-state index is 0.0452. The second-order valence-corrected chi connectivity index (χ2v) is 8.07. The molecule has 1 aliphatic rings. The summed E-state index contributed by atoms with van der Waals surface area (Å²) in [4.78, 5) is 23.3. The van der Waals surface area contributed by atoms with Crippen molar-refractivity contribution in [3.05, 3.63) is 34.8 Å². The zero-order valence-corrected chi connectivity index (χ0v) is 14.8. The van der Waals surface area contributed by atoms with Crippen LogP contribution in [0.1, 0.15) is 50.4 Å². The van der Waals surface area contributed by atoms with E-state index in [2.05, 4.69) is 35.3 Å². The smallest absolute Gasteiger partial charge is 0.228 e. The summed E-state index contributed by atoms with van der Waals surface area (Å²) in [6.07, 6.45) is 8.17. The molecule has 0 bridgehead atoms. The topological polar surface area (TPSA) is 51.0 Å². The van der Waals surface area contributed by atoms with Crippen molar-refractivity contribution in [2.75, 3.05) is 13.1 Å². The highest BCUT2D eigenvalue weighted by Gasteiger charge is 2.25. The van der Waals surface area contributed by atoms with Crippen molar-refractivity contribution in [2.24, 2.45) is 0 Å². The molecule has 0 unspecified atom stereocenters. The lowest BCUT2D eigenvalue weighted by Crippen LogP contribution is -2.41. The molecule has 0 N–H and O–H groups in total. The van der Waals surface area contributed by atoms with E-state index in [1.54, 1.807) is 17.5 Å². The van der Waals surface area contributed by atoms with Gasteiger partial charge in [0, 0.05) is 36.3 Å². The van der Waals surface area contributed by atoms with Crippen molar-refractivity contribution in [1.29, 1.82) is 0 Å². The number of imidazole rings is 1. The van der Waals surface area contributed by atoms with Gasteiger partial charge in [0.25, 0.3) is 0 Å². The van der Waals surface area contributed by atoms with Crippen LogP contribution in [0.2, 0.25) is 0 Å². The Labute approximate surface area is 141 Å². The van der Waals surface area contributed by atoms with Crippen LogP contribution in [0.5, 0.6) is 0 Å². The SMILES string of the molecule is CC(C)(C)c1nc(CC(=O)N2CCC[C@H](n3ccnc3)C2)cs1. The Hall–Kier alpha value is -1.69. The van der Waals surface area contributed by atoms with Crippen LogP contribution in [-0.2, 0) is 16.6 Å². The Morgan fingerprint density at radius 2 is 2.26 bits per heavy atom. The third kappa shape index (κ3) is 3.80. The van der Waals surface area contributed by atoms with E-state index in [1.807, 2.05) is 22.8 Å². The van der Waals surface area contributed by atoms with Crippen LogP contribution in [0.25, 0.3) is 0 Å². The molecule has 5 nitrogen and oxygen atoms in total. The first kappa shape index (κ1) is 16.2. The largest absolute Gasteiger partial charge is 0.340 e. The molecule has 0 aliphatic carbocycles. The number of carbonyl (C=O) groups is 1. The fourth-order valence-electron chi connectivity index (χ4n) is 2.91. The van der Waals surface area contributed by atoms with Gasteiger partial charge in [0.05, 0.1) is 29.5 Å². The number of amides is 1. The number of hydrogen-bond donors (Lipinski definition) is 0. The molecule has 1 atom stereocenters. The molecular formula is C17H24N4OS. The number of rotatable bonds is 3. The molecule has 2 aromatic heterocycles. The molecule has 23 heavy (non-hydrogen) atoms. The van der Waals surface area contributed by atoms with E-state index >= 15 is 0 Å². The highest BCUT2D eigenvalue weighted by Crippen LogP contribution is 2.26. The highest BCUT2D eigenvalue weighted by atomic mass is 32.1. The van der Waals surface area contributed by atoms with E-state index in [1.165, 1.54) is 0 Å². The van der Waals surface area contributed by atoms with Crippen LogP contribution in [0, 0.1) is 0 Å². The molecule has 1 saturated heterocycles. The van der Waals surface area contributed by atoms with Gasteiger partial charge in [-0.25, -0.2) is 9.97 Å². The summed E-state index contributed by atoms with van der Waals surface area (Å²) in [6.45, 7) is 8.07. The lowest BCUT2D eigenvalue weighted by Gasteiger charge is -2.33. The minimum absolute atomic E-state index is 0.0452. The fraction of sp³-hybridized carbons (Fsp3) is 0.588. The number of thiazole rings is 1. The molecule has 6 heteroatoms. The van der Waals surface area contributed by atoms with Gasteiger partial charge < -0.3 is 9.47 Å². The van der Waals surface area contributed by atoms with Gasteiger partial charge in [-0.15, -0.1) is 11.3 Å². The lowest BCUT2D eigenvalue weighted by molar-refractivity contribution is -0.132. The number of aromatic nitrogens is 3. The predicted molar refractivity (Wildman–Crippen MR) is 91.6 cm³/mol. The highest BCUT2D eigenvalue weighted by molar-refractivity contribution is 7.09. The molecular weight excluding hydrogens is 308 g/mol. The van der Waals surface area contributed by atoms with Gasteiger partial charge in [-0.2, -0.15) is 0 Å². The van der Waals surface area contributed by atoms with Crippen LogP contribution in [0.4, 0.5) is 0 Å². The van der Waals surface area contributed by atoms with Crippen LogP contribution in [-0.4, -0.2) is 38.4 Å². The third-order valence-electron chi connectivity index (χ3n) is 4.22. The first-order valence-corrected chi connectivity index (χ1v) is 9.01. The molecule has 0 radical (unpaired) electrons. The maximum absolute atomic E-state index is 12.6. The molecule has 124 valence electrons. The first-order chi connectivity index (χ1) is 10.9. The minimum Gasteiger partial charge on any atom is -0.340 e. The maximum atomic E-state index is 12.6. The second-order valence-electron chi connectivity index (χ2n) is 7.22. The normalized spacial score (nSPS) is 19.1. The molecule has 3 heterocycles.